The fraction of sp³-hybridized carbons (Fsp3) is 0.909. The number of likely N-dealkylation sites (tertiary alicyclic amines) is 1. The Labute approximate surface area is 96.0 Å². The lowest BCUT2D eigenvalue weighted by Gasteiger charge is -2.33. The van der Waals surface area contributed by atoms with Crippen LogP contribution in [0.4, 0.5) is 0 Å². The normalized spacial score (nSPS) is 32.4. The molecule has 2 fully saturated rings. The number of carbonyl (C=O) groups excluding carboxylic acids is 1. The van der Waals surface area contributed by atoms with Gasteiger partial charge >= 0.3 is 0 Å². The highest BCUT2D eigenvalue weighted by atomic mass is 16.5. The number of rotatable bonds is 3. The molecule has 0 saturated carbocycles. The van der Waals surface area contributed by atoms with Crippen LogP contribution in [0.1, 0.15) is 6.42 Å². The summed E-state index contributed by atoms with van der Waals surface area (Å²) in [5, 5.41) is 9.03. The van der Waals surface area contributed by atoms with E-state index < -0.39 is 0 Å². The monoisotopic (exact) mass is 228 g/mol. The highest BCUT2D eigenvalue weighted by Gasteiger charge is 2.29. The molecule has 0 aliphatic carbocycles. The Morgan fingerprint density at radius 1 is 1.50 bits per heavy atom. The average molecular weight is 228 g/mol. The van der Waals surface area contributed by atoms with Crippen LogP contribution in [0, 0.1) is 5.92 Å². The molecule has 16 heavy (non-hydrogen) atoms. The molecule has 0 spiro atoms. The molecular formula is C11H20N2O3. The number of carbonyl (C=O) groups is 1. The van der Waals surface area contributed by atoms with E-state index in [1.54, 1.807) is 0 Å². The van der Waals surface area contributed by atoms with Crippen LogP contribution in [0.3, 0.4) is 0 Å². The second-order valence-electron chi connectivity index (χ2n) is 4.83. The molecule has 0 aromatic rings. The summed E-state index contributed by atoms with van der Waals surface area (Å²) in [4.78, 5) is 15.8. The summed E-state index contributed by atoms with van der Waals surface area (Å²) in [5.74, 6) is 0.630. The number of morpholine rings is 1. The number of amides is 1. The first-order valence-corrected chi connectivity index (χ1v) is 5.88. The zero-order valence-electron chi connectivity index (χ0n) is 9.76. The smallest absolute Gasteiger partial charge is 0.248 e. The molecule has 0 aromatic carbocycles. The summed E-state index contributed by atoms with van der Waals surface area (Å²) < 4.78 is 5.20. The Balaban J connectivity index is 1.85. The molecule has 2 heterocycles. The molecule has 2 aliphatic rings. The Hall–Kier alpha value is -0.650. The average Bonchev–Trinajstić information content (AvgIpc) is 2.67. The molecule has 5 heteroatoms. The maximum Gasteiger partial charge on any atom is 0.248 e. The van der Waals surface area contributed by atoms with E-state index in [1.165, 1.54) is 0 Å². The van der Waals surface area contributed by atoms with Crippen LogP contribution in [0.15, 0.2) is 0 Å². The van der Waals surface area contributed by atoms with E-state index in [4.69, 9.17) is 9.84 Å². The van der Waals surface area contributed by atoms with Crippen molar-refractivity contribution < 1.29 is 14.6 Å². The molecule has 1 N–H and O–H groups in total. The third-order valence-corrected chi connectivity index (χ3v) is 3.39. The van der Waals surface area contributed by atoms with Crippen molar-refractivity contribution in [1.82, 2.24) is 9.80 Å². The number of aliphatic hydroxyl groups is 1. The molecule has 2 unspecified atom stereocenters. The minimum atomic E-state index is -0.197. The van der Waals surface area contributed by atoms with Crippen molar-refractivity contribution >= 4 is 5.91 Å². The predicted molar refractivity (Wildman–Crippen MR) is 59.0 cm³/mol. The van der Waals surface area contributed by atoms with Gasteiger partial charge in [0.05, 0.1) is 12.7 Å². The van der Waals surface area contributed by atoms with E-state index in [-0.39, 0.29) is 25.2 Å². The van der Waals surface area contributed by atoms with E-state index in [1.807, 2.05) is 4.90 Å². The van der Waals surface area contributed by atoms with Gasteiger partial charge in [0, 0.05) is 19.6 Å². The van der Waals surface area contributed by atoms with E-state index in [2.05, 4.69) is 11.9 Å². The second-order valence-corrected chi connectivity index (χ2v) is 4.83. The maximum atomic E-state index is 11.6. The Bertz CT molecular complexity index is 260. The van der Waals surface area contributed by atoms with Crippen molar-refractivity contribution in [3.63, 3.8) is 0 Å². The van der Waals surface area contributed by atoms with Crippen LogP contribution in [0.2, 0.25) is 0 Å². The first-order chi connectivity index (χ1) is 7.69. The van der Waals surface area contributed by atoms with Crippen LogP contribution >= 0.6 is 0 Å². The molecule has 2 saturated heterocycles. The zero-order valence-corrected chi connectivity index (χ0v) is 9.76. The summed E-state index contributed by atoms with van der Waals surface area (Å²) >= 11 is 0. The minimum Gasteiger partial charge on any atom is -0.394 e. The lowest BCUT2D eigenvalue weighted by molar-refractivity contribution is -0.151. The minimum absolute atomic E-state index is 0.00561. The van der Waals surface area contributed by atoms with Crippen LogP contribution in [-0.4, -0.2) is 73.4 Å². The number of hydrogen-bond acceptors (Lipinski definition) is 4. The lowest BCUT2D eigenvalue weighted by atomic mass is 10.1. The Morgan fingerprint density at radius 2 is 2.31 bits per heavy atom. The summed E-state index contributed by atoms with van der Waals surface area (Å²) in [7, 11) is 2.11. The van der Waals surface area contributed by atoms with E-state index in [0.717, 1.165) is 26.1 Å². The Morgan fingerprint density at radius 3 is 2.94 bits per heavy atom. The number of ether oxygens (including phenoxy) is 1. The van der Waals surface area contributed by atoms with Gasteiger partial charge in [0.2, 0.25) is 5.91 Å². The van der Waals surface area contributed by atoms with Crippen LogP contribution < -0.4 is 0 Å². The highest BCUT2D eigenvalue weighted by Crippen LogP contribution is 2.17. The molecule has 0 bridgehead atoms. The topological polar surface area (TPSA) is 53.0 Å². The third kappa shape index (κ3) is 2.72. The van der Waals surface area contributed by atoms with Gasteiger partial charge in [-0.15, -0.1) is 0 Å². The summed E-state index contributed by atoms with van der Waals surface area (Å²) in [6.45, 7) is 3.64. The van der Waals surface area contributed by atoms with Crippen LogP contribution in [0.5, 0.6) is 0 Å². The molecular weight excluding hydrogens is 208 g/mol. The van der Waals surface area contributed by atoms with Gasteiger partial charge in [0.25, 0.3) is 0 Å². The van der Waals surface area contributed by atoms with Gasteiger partial charge in [-0.05, 0) is 25.9 Å². The first-order valence-electron chi connectivity index (χ1n) is 5.88. The summed E-state index contributed by atoms with van der Waals surface area (Å²) in [5.41, 5.74) is 0. The van der Waals surface area contributed by atoms with Gasteiger partial charge in [-0.3, -0.25) is 4.79 Å². The number of aliphatic hydroxyl groups excluding tert-OH is 1. The highest BCUT2D eigenvalue weighted by molar-refractivity contribution is 5.78. The van der Waals surface area contributed by atoms with E-state index in [9.17, 15) is 4.79 Å². The number of nitrogens with zero attached hydrogens (tertiary/aromatic N) is 2. The van der Waals surface area contributed by atoms with Crippen LogP contribution in [0.25, 0.3) is 0 Å². The zero-order chi connectivity index (χ0) is 11.5. The second kappa shape index (κ2) is 5.12. The summed E-state index contributed by atoms with van der Waals surface area (Å²) in [6, 6.07) is 0. The van der Waals surface area contributed by atoms with Gasteiger partial charge in [-0.1, -0.05) is 0 Å². The molecule has 0 aromatic heterocycles. The molecule has 1 amide bonds. The van der Waals surface area contributed by atoms with Crippen molar-refractivity contribution in [3.8, 4) is 0 Å². The predicted octanol–water partition coefficient (Wildman–Crippen LogP) is -0.842. The fourth-order valence-corrected chi connectivity index (χ4v) is 2.45. The van der Waals surface area contributed by atoms with E-state index >= 15 is 0 Å². The van der Waals surface area contributed by atoms with Crippen molar-refractivity contribution in [2.75, 3.05) is 46.4 Å². The Kier molecular flexibility index (Phi) is 3.78. The molecule has 92 valence electrons. The lowest BCUT2D eigenvalue weighted by Crippen LogP contribution is -2.49. The number of hydrogen-bond donors (Lipinski definition) is 1. The molecule has 2 rings (SSSR count). The standard InChI is InChI=1S/C11H20N2O3/c1-12-3-2-9(4-12)5-13-6-10(7-14)16-8-11(13)15/h9-10,14H,2-8H2,1H3. The van der Waals surface area contributed by atoms with Gasteiger partial charge < -0.3 is 19.6 Å². The molecule has 5 nitrogen and oxygen atoms in total. The first kappa shape index (κ1) is 11.8. The van der Waals surface area contributed by atoms with Crippen LogP contribution in [-0.2, 0) is 9.53 Å². The quantitative estimate of drug-likeness (QED) is 0.684. The van der Waals surface area contributed by atoms with Crippen molar-refractivity contribution in [2.45, 2.75) is 12.5 Å². The third-order valence-electron chi connectivity index (χ3n) is 3.39. The molecule has 2 atom stereocenters. The van der Waals surface area contributed by atoms with Gasteiger partial charge in [0.1, 0.15) is 6.61 Å². The largest absolute Gasteiger partial charge is 0.394 e. The van der Waals surface area contributed by atoms with Gasteiger partial charge in [-0.2, -0.15) is 0 Å². The van der Waals surface area contributed by atoms with Crippen molar-refractivity contribution in [3.05, 3.63) is 0 Å². The maximum absolute atomic E-state index is 11.6. The SMILES string of the molecule is CN1CCC(CN2CC(CO)OCC2=O)C1. The summed E-state index contributed by atoms with van der Waals surface area (Å²) in [6.07, 6.45) is 0.960. The molecule has 0 radical (unpaired) electrons. The van der Waals surface area contributed by atoms with Crippen molar-refractivity contribution in [2.24, 2.45) is 5.92 Å². The fourth-order valence-electron chi connectivity index (χ4n) is 2.45. The van der Waals surface area contributed by atoms with Gasteiger partial charge in [0.15, 0.2) is 0 Å². The van der Waals surface area contributed by atoms with Gasteiger partial charge in [-0.25, -0.2) is 0 Å². The van der Waals surface area contributed by atoms with E-state index in [0.29, 0.717) is 12.5 Å². The molecule has 2 aliphatic heterocycles. The van der Waals surface area contributed by atoms with Crippen molar-refractivity contribution in [1.29, 1.82) is 0 Å².